The number of hydrogen-bond donors (Lipinski definition) is 2. The number of amides is 2. The molecule has 29 heavy (non-hydrogen) atoms. The number of aromatic nitrogens is 2. The number of hydrogen-bond acceptors (Lipinski definition) is 4. The van der Waals surface area contributed by atoms with Crippen LogP contribution in [0.2, 0.25) is 0 Å². The van der Waals surface area contributed by atoms with Crippen LogP contribution in [0.5, 0.6) is 5.75 Å². The molecule has 2 bridgehead atoms. The molecule has 3 aliphatic rings. The maximum atomic E-state index is 13.1. The summed E-state index contributed by atoms with van der Waals surface area (Å²) < 4.78 is 5.97. The Morgan fingerprint density at radius 2 is 2.17 bits per heavy atom. The van der Waals surface area contributed by atoms with Gasteiger partial charge in [0.15, 0.2) is 0 Å². The highest BCUT2D eigenvalue weighted by Crippen LogP contribution is 2.39. The van der Waals surface area contributed by atoms with E-state index in [0.717, 1.165) is 43.5 Å². The molecule has 1 aromatic heterocycles. The maximum Gasteiger partial charge on any atom is 0.255 e. The fraction of sp³-hybridized carbons (Fsp3) is 0.500. The van der Waals surface area contributed by atoms with Crippen molar-refractivity contribution in [1.82, 2.24) is 20.4 Å². The van der Waals surface area contributed by atoms with E-state index in [1.807, 2.05) is 30.0 Å². The predicted octanol–water partition coefficient (Wildman–Crippen LogP) is 2.23. The first-order valence-electron chi connectivity index (χ1n) is 10.5. The number of carbonyl (C=O) groups is 2. The summed E-state index contributed by atoms with van der Waals surface area (Å²) in [5.41, 5.74) is 2.62. The number of fused-ring (bicyclic) bond motifs is 3. The van der Waals surface area contributed by atoms with Crippen LogP contribution in [-0.4, -0.2) is 51.1 Å². The average Bonchev–Trinajstić information content (AvgIpc) is 3.48. The van der Waals surface area contributed by atoms with Gasteiger partial charge in [0.05, 0.1) is 30.3 Å². The number of aromatic amines is 1. The average molecular weight is 394 g/mol. The lowest BCUT2D eigenvalue weighted by Crippen LogP contribution is -2.46. The number of nitrogens with zero attached hydrogens (tertiary/aromatic N) is 2. The summed E-state index contributed by atoms with van der Waals surface area (Å²) in [4.78, 5) is 27.8. The van der Waals surface area contributed by atoms with Crippen molar-refractivity contribution in [2.45, 2.75) is 69.7 Å². The van der Waals surface area contributed by atoms with Crippen molar-refractivity contribution >= 4 is 11.8 Å². The Kier molecular flexibility index (Phi) is 4.53. The first-order chi connectivity index (χ1) is 14.1. The summed E-state index contributed by atoms with van der Waals surface area (Å²) in [6, 6.07) is 8.29. The van der Waals surface area contributed by atoms with Crippen LogP contribution in [0.4, 0.5) is 0 Å². The minimum absolute atomic E-state index is 0.00602. The first-order valence-corrected chi connectivity index (χ1v) is 10.5. The molecule has 2 amide bonds. The molecular weight excluding hydrogens is 368 g/mol. The third-order valence-electron chi connectivity index (χ3n) is 6.57. The molecule has 5 rings (SSSR count). The SMILES string of the molecule is CCc1[nH]ncc1C(=O)N[C@@H]1C[C@@H]2CC[C@H]1N2C(=O)CC1Cc2ccccc2O1. The van der Waals surface area contributed by atoms with Crippen LogP contribution >= 0.6 is 0 Å². The summed E-state index contributed by atoms with van der Waals surface area (Å²) in [5.74, 6) is 0.936. The highest BCUT2D eigenvalue weighted by Gasteiger charge is 2.49. The van der Waals surface area contributed by atoms with E-state index in [-0.39, 0.29) is 36.0 Å². The monoisotopic (exact) mass is 394 g/mol. The molecule has 2 N–H and O–H groups in total. The normalized spacial score (nSPS) is 27.0. The lowest BCUT2D eigenvalue weighted by molar-refractivity contribution is -0.134. The zero-order valence-corrected chi connectivity index (χ0v) is 16.6. The number of para-hydroxylation sites is 1. The topological polar surface area (TPSA) is 87.3 Å². The fourth-order valence-electron chi connectivity index (χ4n) is 5.22. The van der Waals surface area contributed by atoms with E-state index in [0.29, 0.717) is 12.0 Å². The van der Waals surface area contributed by atoms with Crippen LogP contribution in [-0.2, 0) is 17.6 Å². The number of benzene rings is 1. The van der Waals surface area contributed by atoms with Crippen LogP contribution in [0.15, 0.2) is 30.5 Å². The molecule has 0 radical (unpaired) electrons. The van der Waals surface area contributed by atoms with Gasteiger partial charge in [0, 0.05) is 18.2 Å². The molecule has 4 atom stereocenters. The van der Waals surface area contributed by atoms with Crippen molar-refractivity contribution in [3.63, 3.8) is 0 Å². The summed E-state index contributed by atoms with van der Waals surface area (Å²) >= 11 is 0. The van der Waals surface area contributed by atoms with Crippen molar-refractivity contribution < 1.29 is 14.3 Å². The summed E-state index contributed by atoms with van der Waals surface area (Å²) in [6.45, 7) is 1.99. The zero-order valence-electron chi connectivity index (χ0n) is 16.6. The molecule has 2 aromatic rings. The second-order valence-electron chi connectivity index (χ2n) is 8.29. The van der Waals surface area contributed by atoms with E-state index in [2.05, 4.69) is 21.6 Å². The van der Waals surface area contributed by atoms with E-state index in [1.54, 1.807) is 6.20 Å². The van der Waals surface area contributed by atoms with Gasteiger partial charge in [0.2, 0.25) is 5.91 Å². The minimum Gasteiger partial charge on any atom is -0.489 e. The number of ether oxygens (including phenoxy) is 1. The fourth-order valence-corrected chi connectivity index (χ4v) is 5.22. The number of carbonyl (C=O) groups excluding carboxylic acids is 2. The summed E-state index contributed by atoms with van der Waals surface area (Å²) in [5, 5.41) is 10.0. The molecule has 4 heterocycles. The van der Waals surface area contributed by atoms with Gasteiger partial charge in [0.25, 0.3) is 5.91 Å². The van der Waals surface area contributed by atoms with Crippen molar-refractivity contribution in [1.29, 1.82) is 0 Å². The Morgan fingerprint density at radius 3 is 3.00 bits per heavy atom. The minimum atomic E-state index is -0.102. The molecule has 3 aliphatic heterocycles. The van der Waals surface area contributed by atoms with E-state index in [1.165, 1.54) is 5.56 Å². The largest absolute Gasteiger partial charge is 0.489 e. The number of rotatable bonds is 5. The molecule has 0 aliphatic carbocycles. The van der Waals surface area contributed by atoms with Gasteiger partial charge in [-0.15, -0.1) is 0 Å². The summed E-state index contributed by atoms with van der Waals surface area (Å²) in [7, 11) is 0. The second-order valence-corrected chi connectivity index (χ2v) is 8.29. The number of nitrogens with one attached hydrogen (secondary N) is 2. The Hall–Kier alpha value is -2.83. The van der Waals surface area contributed by atoms with Crippen LogP contribution in [0.25, 0.3) is 0 Å². The van der Waals surface area contributed by atoms with Crippen LogP contribution in [0.1, 0.15) is 54.2 Å². The summed E-state index contributed by atoms with van der Waals surface area (Å²) in [6.07, 6.45) is 6.18. The molecule has 2 saturated heterocycles. The predicted molar refractivity (Wildman–Crippen MR) is 107 cm³/mol. The van der Waals surface area contributed by atoms with Gasteiger partial charge >= 0.3 is 0 Å². The standard InChI is InChI=1S/C22H26N4O3/c1-2-17-16(12-23-25-17)22(28)24-18-10-14-7-8-19(18)26(14)21(27)11-15-9-13-5-3-4-6-20(13)29-15/h3-6,12,14-15,18-19H,2,7-11H2,1H3,(H,23,25)(H,24,28)/t14-,15?,18+,19+/m0/s1. The Morgan fingerprint density at radius 1 is 1.31 bits per heavy atom. The molecule has 2 fully saturated rings. The zero-order chi connectivity index (χ0) is 20.0. The van der Waals surface area contributed by atoms with Crippen LogP contribution in [0, 0.1) is 0 Å². The van der Waals surface area contributed by atoms with Crippen LogP contribution in [0.3, 0.4) is 0 Å². The smallest absolute Gasteiger partial charge is 0.255 e. The van der Waals surface area contributed by atoms with Gasteiger partial charge in [-0.1, -0.05) is 25.1 Å². The highest BCUT2D eigenvalue weighted by molar-refractivity contribution is 5.95. The van der Waals surface area contributed by atoms with Gasteiger partial charge in [-0.2, -0.15) is 5.10 Å². The van der Waals surface area contributed by atoms with Crippen LogP contribution < -0.4 is 10.1 Å². The molecule has 1 aromatic carbocycles. The Labute approximate surface area is 169 Å². The molecule has 0 saturated carbocycles. The van der Waals surface area contributed by atoms with Gasteiger partial charge in [-0.05, 0) is 37.3 Å². The molecule has 7 heteroatoms. The maximum absolute atomic E-state index is 13.1. The quantitative estimate of drug-likeness (QED) is 0.814. The Bertz CT molecular complexity index is 915. The van der Waals surface area contributed by atoms with Crippen molar-refractivity contribution in [3.8, 4) is 5.75 Å². The van der Waals surface area contributed by atoms with Crippen molar-refractivity contribution in [2.24, 2.45) is 0 Å². The van der Waals surface area contributed by atoms with E-state index < -0.39 is 0 Å². The lowest BCUT2D eigenvalue weighted by atomic mass is 9.95. The first kappa shape index (κ1) is 18.2. The molecular formula is C22H26N4O3. The highest BCUT2D eigenvalue weighted by atomic mass is 16.5. The van der Waals surface area contributed by atoms with Gasteiger partial charge in [-0.25, -0.2) is 0 Å². The molecule has 152 valence electrons. The van der Waals surface area contributed by atoms with E-state index in [9.17, 15) is 9.59 Å². The Balaban J connectivity index is 1.22. The van der Waals surface area contributed by atoms with E-state index in [4.69, 9.17) is 4.74 Å². The molecule has 0 spiro atoms. The molecule has 7 nitrogen and oxygen atoms in total. The molecule has 1 unspecified atom stereocenters. The van der Waals surface area contributed by atoms with Crippen molar-refractivity contribution in [2.75, 3.05) is 0 Å². The second kappa shape index (κ2) is 7.21. The van der Waals surface area contributed by atoms with Crippen molar-refractivity contribution in [3.05, 3.63) is 47.3 Å². The third kappa shape index (κ3) is 3.18. The number of H-pyrrole nitrogens is 1. The van der Waals surface area contributed by atoms with Gasteiger partial charge in [0.1, 0.15) is 11.9 Å². The van der Waals surface area contributed by atoms with E-state index >= 15 is 0 Å². The lowest BCUT2D eigenvalue weighted by Gasteiger charge is -2.26. The number of aryl methyl sites for hydroxylation is 1. The van der Waals surface area contributed by atoms with Gasteiger partial charge < -0.3 is 15.0 Å². The van der Waals surface area contributed by atoms with Gasteiger partial charge in [-0.3, -0.25) is 14.7 Å². The third-order valence-corrected chi connectivity index (χ3v) is 6.57.